The molecule has 0 aliphatic heterocycles. The molecular weight excluding hydrogens is 717 g/mol. The Balaban J connectivity index is 0.000000174. The Kier molecular flexibility index (Phi) is 11.9. The lowest BCUT2D eigenvalue weighted by atomic mass is 10.0. The number of pyridine rings is 2. The van der Waals surface area contributed by atoms with E-state index in [0.29, 0.717) is 53.3 Å². The summed E-state index contributed by atoms with van der Waals surface area (Å²) in [4.78, 5) is 33.2. The van der Waals surface area contributed by atoms with Crippen LogP contribution in [0.25, 0.3) is 21.8 Å². The quantitative estimate of drug-likeness (QED) is 0.0935. The maximum absolute atomic E-state index is 12.3. The van der Waals surface area contributed by atoms with E-state index in [2.05, 4.69) is 77.1 Å². The molecule has 10 nitrogen and oxygen atoms in total. The van der Waals surface area contributed by atoms with Gasteiger partial charge in [0.1, 0.15) is 0 Å². The van der Waals surface area contributed by atoms with Gasteiger partial charge in [0.15, 0.2) is 0 Å². The number of fused-ring (bicyclic) bond motifs is 2. The Morgan fingerprint density at radius 2 is 1.12 bits per heavy atom. The van der Waals surface area contributed by atoms with Gasteiger partial charge in [0, 0.05) is 71.5 Å². The lowest BCUT2D eigenvalue weighted by molar-refractivity contribution is 0.0598. The normalized spacial score (nSPS) is 14.1. The second kappa shape index (κ2) is 17.0. The standard InChI is InChI=1S/C24H28N2O3.C23H26N2O3/c1-15(2)13-26-20(14-27)10-18-8-16(4-7-23(18)26)9-22-21(24(28)29-3)11-19(12-25-22)17-5-6-17;1-14(2)12-25-19(13-26)9-17-7-15(3-6-22(17)25)8-21-20(23(27)28)10-18(11-24-21)16-4-5-16/h4,7-8,10-12,15,17,27H,5-6,9,13-14H2,1-3H3;3,6-7,9-11,14,16,26H,4-5,8,12-13H2,1-2H3,(H,27,28). The van der Waals surface area contributed by atoms with Gasteiger partial charge in [0.25, 0.3) is 0 Å². The number of esters is 1. The SMILES string of the molecule is CC(C)Cn1c(CO)cc2cc(Cc3ncc(C4CC4)cc3C(=O)O)ccc21.COC(=O)c1cc(C2CC2)cnc1Cc1ccc2c(c1)cc(CO)n2CC(C)C. The van der Waals surface area contributed by atoms with Gasteiger partial charge in [-0.2, -0.15) is 0 Å². The summed E-state index contributed by atoms with van der Waals surface area (Å²) in [5.41, 5.74) is 10.5. The maximum atomic E-state index is 12.3. The number of nitrogens with zero attached hydrogens (tertiary/aromatic N) is 4. The Bertz CT molecular complexity index is 2420. The molecule has 8 rings (SSSR count). The molecule has 0 radical (unpaired) electrons. The van der Waals surface area contributed by atoms with Crippen LogP contribution < -0.4 is 0 Å². The van der Waals surface area contributed by atoms with Crippen molar-refractivity contribution in [2.75, 3.05) is 7.11 Å². The highest BCUT2D eigenvalue weighted by molar-refractivity contribution is 5.91. The van der Waals surface area contributed by atoms with Gasteiger partial charge in [0.2, 0.25) is 0 Å². The number of carboxylic acids is 1. The summed E-state index contributed by atoms with van der Waals surface area (Å²) in [6, 6.07) is 20.3. The fraction of sp³-hybridized carbons (Fsp3) is 0.404. The van der Waals surface area contributed by atoms with Gasteiger partial charge < -0.3 is 29.2 Å². The number of carboxylic acid groups (broad SMARTS) is 1. The monoisotopic (exact) mass is 770 g/mol. The molecule has 298 valence electrons. The van der Waals surface area contributed by atoms with E-state index in [-0.39, 0.29) is 19.2 Å². The zero-order valence-electron chi connectivity index (χ0n) is 33.7. The molecule has 6 aromatic rings. The number of aromatic carboxylic acids is 1. The number of benzene rings is 2. The number of aliphatic hydroxyl groups is 2. The molecule has 0 unspecified atom stereocenters. The minimum atomic E-state index is -0.920. The third kappa shape index (κ3) is 9.13. The van der Waals surface area contributed by atoms with E-state index >= 15 is 0 Å². The van der Waals surface area contributed by atoms with E-state index in [1.807, 2.05) is 36.7 Å². The average molecular weight is 771 g/mol. The molecule has 0 spiro atoms. The molecule has 0 saturated heterocycles. The molecule has 4 heterocycles. The van der Waals surface area contributed by atoms with Crippen molar-refractivity contribution >= 4 is 33.7 Å². The Labute approximate surface area is 334 Å². The highest BCUT2D eigenvalue weighted by Crippen LogP contribution is 2.41. The summed E-state index contributed by atoms with van der Waals surface area (Å²) >= 11 is 0. The van der Waals surface area contributed by atoms with Crippen LogP contribution in [0.15, 0.2) is 73.1 Å². The van der Waals surface area contributed by atoms with Crippen LogP contribution in [0.2, 0.25) is 0 Å². The van der Waals surface area contributed by atoms with Crippen LogP contribution in [0.5, 0.6) is 0 Å². The number of carbonyl (C=O) groups excluding carboxylic acids is 1. The highest BCUT2D eigenvalue weighted by atomic mass is 16.5. The van der Waals surface area contributed by atoms with E-state index in [9.17, 15) is 24.9 Å². The van der Waals surface area contributed by atoms with Crippen molar-refractivity contribution in [3.63, 3.8) is 0 Å². The molecule has 2 aromatic carbocycles. The van der Waals surface area contributed by atoms with E-state index in [0.717, 1.165) is 87.1 Å². The number of hydrogen-bond donors (Lipinski definition) is 3. The number of ether oxygens (including phenoxy) is 1. The molecule has 0 bridgehead atoms. The number of aliphatic hydroxyl groups excluding tert-OH is 2. The summed E-state index contributed by atoms with van der Waals surface area (Å²) in [5, 5.41) is 31.3. The summed E-state index contributed by atoms with van der Waals surface area (Å²) < 4.78 is 9.35. The molecule has 10 heteroatoms. The number of carbonyl (C=O) groups is 2. The average Bonchev–Trinajstić information content (AvgIpc) is 4.14. The largest absolute Gasteiger partial charge is 0.478 e. The molecule has 0 atom stereocenters. The molecule has 2 saturated carbocycles. The van der Waals surface area contributed by atoms with Gasteiger partial charge in [-0.15, -0.1) is 0 Å². The second-order valence-corrected chi connectivity index (χ2v) is 16.6. The first-order chi connectivity index (χ1) is 27.5. The summed E-state index contributed by atoms with van der Waals surface area (Å²) in [6.07, 6.45) is 9.36. The van der Waals surface area contributed by atoms with Crippen LogP contribution in [0.3, 0.4) is 0 Å². The summed E-state index contributed by atoms with van der Waals surface area (Å²) in [5.74, 6) is 0.737. The minimum absolute atomic E-state index is 0.00405. The van der Waals surface area contributed by atoms with E-state index in [1.165, 1.54) is 20.0 Å². The summed E-state index contributed by atoms with van der Waals surface area (Å²) in [7, 11) is 1.41. The third-order valence-corrected chi connectivity index (χ3v) is 11.0. The van der Waals surface area contributed by atoms with Crippen molar-refractivity contribution in [1.29, 1.82) is 0 Å². The molecule has 2 aliphatic carbocycles. The van der Waals surface area contributed by atoms with Crippen LogP contribution in [0.1, 0.15) is 131 Å². The molecule has 2 fully saturated rings. The fourth-order valence-corrected chi connectivity index (χ4v) is 7.84. The Morgan fingerprint density at radius 1 is 0.684 bits per heavy atom. The van der Waals surface area contributed by atoms with E-state index < -0.39 is 5.97 Å². The molecule has 4 aromatic heterocycles. The fourth-order valence-electron chi connectivity index (χ4n) is 7.84. The van der Waals surface area contributed by atoms with Gasteiger partial charge in [-0.1, -0.05) is 39.8 Å². The van der Waals surface area contributed by atoms with Crippen molar-refractivity contribution in [3.8, 4) is 0 Å². The smallest absolute Gasteiger partial charge is 0.339 e. The van der Waals surface area contributed by atoms with Crippen molar-refractivity contribution in [1.82, 2.24) is 19.1 Å². The molecule has 3 N–H and O–H groups in total. The zero-order valence-corrected chi connectivity index (χ0v) is 33.7. The predicted octanol–water partition coefficient (Wildman–Crippen LogP) is 8.79. The first kappa shape index (κ1) is 39.9. The van der Waals surface area contributed by atoms with Gasteiger partial charge in [-0.25, -0.2) is 9.59 Å². The van der Waals surface area contributed by atoms with Gasteiger partial charge >= 0.3 is 11.9 Å². The highest BCUT2D eigenvalue weighted by Gasteiger charge is 2.27. The number of aromatic nitrogens is 4. The zero-order chi connectivity index (χ0) is 40.4. The Morgan fingerprint density at radius 3 is 1.51 bits per heavy atom. The third-order valence-electron chi connectivity index (χ3n) is 11.0. The Hall–Kier alpha value is -5.32. The van der Waals surface area contributed by atoms with E-state index in [1.54, 1.807) is 6.07 Å². The van der Waals surface area contributed by atoms with Crippen molar-refractivity contribution in [2.24, 2.45) is 11.8 Å². The topological polar surface area (TPSA) is 140 Å². The minimum Gasteiger partial charge on any atom is -0.478 e. The lowest BCUT2D eigenvalue weighted by Gasteiger charge is -2.12. The summed E-state index contributed by atoms with van der Waals surface area (Å²) in [6.45, 7) is 10.4. The van der Waals surface area contributed by atoms with Crippen LogP contribution in [0, 0.1) is 11.8 Å². The van der Waals surface area contributed by atoms with E-state index in [4.69, 9.17) is 4.74 Å². The molecular formula is C47H54N4O6. The van der Waals surface area contributed by atoms with Crippen LogP contribution in [-0.2, 0) is 43.9 Å². The maximum Gasteiger partial charge on any atom is 0.339 e. The van der Waals surface area contributed by atoms with Gasteiger partial charge in [0.05, 0.1) is 42.8 Å². The van der Waals surface area contributed by atoms with Crippen LogP contribution in [0.4, 0.5) is 0 Å². The first-order valence-corrected chi connectivity index (χ1v) is 20.2. The molecule has 57 heavy (non-hydrogen) atoms. The number of hydrogen-bond acceptors (Lipinski definition) is 7. The number of methoxy groups -OCH3 is 1. The predicted molar refractivity (Wildman–Crippen MR) is 222 cm³/mol. The van der Waals surface area contributed by atoms with Crippen molar-refractivity contribution < 1.29 is 29.6 Å². The van der Waals surface area contributed by atoms with Crippen LogP contribution >= 0.6 is 0 Å². The van der Waals surface area contributed by atoms with Crippen molar-refractivity contribution in [3.05, 3.63) is 129 Å². The second-order valence-electron chi connectivity index (χ2n) is 16.6. The number of rotatable bonds is 14. The first-order valence-electron chi connectivity index (χ1n) is 20.2. The van der Waals surface area contributed by atoms with Crippen LogP contribution in [-0.4, -0.2) is 53.5 Å². The van der Waals surface area contributed by atoms with Gasteiger partial charge in [-0.05, 0) is 120 Å². The van der Waals surface area contributed by atoms with Gasteiger partial charge in [-0.3, -0.25) is 9.97 Å². The molecule has 2 aliphatic rings. The van der Waals surface area contributed by atoms with Crippen molar-refractivity contribution in [2.45, 2.75) is 104 Å². The molecule has 0 amide bonds. The lowest BCUT2D eigenvalue weighted by Crippen LogP contribution is -2.09.